The van der Waals surface area contributed by atoms with Crippen LogP contribution in [-0.2, 0) is 6.54 Å². The number of hydrogen-bond donors (Lipinski definition) is 1. The summed E-state index contributed by atoms with van der Waals surface area (Å²) in [5, 5.41) is 5.40. The maximum absolute atomic E-state index is 12.8. The molecule has 0 unspecified atom stereocenters. The van der Waals surface area contributed by atoms with Gasteiger partial charge >= 0.3 is 0 Å². The lowest BCUT2D eigenvalue weighted by atomic mass is 10.1. The van der Waals surface area contributed by atoms with Crippen molar-refractivity contribution in [3.63, 3.8) is 0 Å². The van der Waals surface area contributed by atoms with Crippen LogP contribution in [0.5, 0.6) is 5.75 Å². The number of thiazole rings is 1. The van der Waals surface area contributed by atoms with E-state index in [1.54, 1.807) is 7.11 Å². The first-order valence-corrected chi connectivity index (χ1v) is 10.1. The van der Waals surface area contributed by atoms with Gasteiger partial charge in [0.05, 0.1) is 12.8 Å². The highest BCUT2D eigenvalue weighted by molar-refractivity contribution is 7.14. The first kappa shape index (κ1) is 19.0. The van der Waals surface area contributed by atoms with E-state index in [1.165, 1.54) is 11.3 Å². The van der Waals surface area contributed by atoms with Gasteiger partial charge < -0.3 is 9.30 Å². The zero-order valence-corrected chi connectivity index (χ0v) is 17.1. The Hall–Kier alpha value is -3.38. The highest BCUT2D eigenvalue weighted by Crippen LogP contribution is 2.33. The van der Waals surface area contributed by atoms with Gasteiger partial charge in [0.25, 0.3) is 5.91 Å². The van der Waals surface area contributed by atoms with Crippen molar-refractivity contribution in [1.82, 2.24) is 9.55 Å². The van der Waals surface area contributed by atoms with Crippen LogP contribution >= 0.6 is 11.3 Å². The molecule has 146 valence electrons. The molecule has 0 bridgehead atoms. The van der Waals surface area contributed by atoms with Crippen LogP contribution in [-0.4, -0.2) is 22.6 Å². The number of methoxy groups -OCH3 is 1. The molecule has 1 amide bonds. The Bertz CT molecular complexity index is 1130. The molecular weight excluding hydrogens is 382 g/mol. The molecule has 0 aliphatic rings. The Morgan fingerprint density at radius 2 is 1.97 bits per heavy atom. The van der Waals surface area contributed by atoms with E-state index in [-0.39, 0.29) is 5.91 Å². The van der Waals surface area contributed by atoms with E-state index in [9.17, 15) is 4.79 Å². The van der Waals surface area contributed by atoms with Crippen LogP contribution in [0.15, 0.2) is 72.2 Å². The number of hydrogen-bond acceptors (Lipinski definition) is 4. The summed E-state index contributed by atoms with van der Waals surface area (Å²) in [4.78, 5) is 17.4. The van der Waals surface area contributed by atoms with Crippen LogP contribution in [0.2, 0.25) is 0 Å². The van der Waals surface area contributed by atoms with Crippen LogP contribution in [0.3, 0.4) is 0 Å². The lowest BCUT2D eigenvalue weighted by molar-refractivity contribution is 0.101. The highest BCUT2D eigenvalue weighted by Gasteiger charge is 2.15. The van der Waals surface area contributed by atoms with E-state index < -0.39 is 0 Å². The summed E-state index contributed by atoms with van der Waals surface area (Å²) < 4.78 is 7.38. The third-order valence-corrected chi connectivity index (χ3v) is 5.37. The molecule has 5 nitrogen and oxygen atoms in total. The molecular formula is C23H21N3O2S. The smallest absolute Gasteiger partial charge is 0.274 e. The molecule has 2 aromatic carbocycles. The van der Waals surface area contributed by atoms with E-state index in [0.717, 1.165) is 28.1 Å². The lowest BCUT2D eigenvalue weighted by Crippen LogP contribution is -2.17. The molecule has 0 aliphatic heterocycles. The number of aromatic nitrogens is 2. The van der Waals surface area contributed by atoms with Crippen molar-refractivity contribution in [2.75, 3.05) is 12.4 Å². The average Bonchev–Trinajstić information content (AvgIpc) is 3.38. The molecule has 0 spiro atoms. The average molecular weight is 404 g/mol. The predicted molar refractivity (Wildman–Crippen MR) is 117 cm³/mol. The Labute approximate surface area is 173 Å². The molecule has 0 atom stereocenters. The van der Waals surface area contributed by atoms with E-state index in [0.29, 0.717) is 17.4 Å². The first-order valence-electron chi connectivity index (χ1n) is 9.25. The van der Waals surface area contributed by atoms with Crippen molar-refractivity contribution in [2.24, 2.45) is 0 Å². The van der Waals surface area contributed by atoms with Crippen LogP contribution in [0.4, 0.5) is 5.13 Å². The van der Waals surface area contributed by atoms with Gasteiger partial charge in [-0.2, -0.15) is 0 Å². The molecule has 2 aromatic heterocycles. The summed E-state index contributed by atoms with van der Waals surface area (Å²) in [5.74, 6) is 0.582. The molecule has 29 heavy (non-hydrogen) atoms. The third-order valence-electron chi connectivity index (χ3n) is 4.61. The summed E-state index contributed by atoms with van der Waals surface area (Å²) in [7, 11) is 1.64. The minimum Gasteiger partial charge on any atom is -0.496 e. The molecule has 4 aromatic rings. The molecule has 2 heterocycles. The number of rotatable bonds is 6. The topological polar surface area (TPSA) is 56.1 Å². The van der Waals surface area contributed by atoms with Gasteiger partial charge in [0, 0.05) is 23.7 Å². The second-order valence-corrected chi connectivity index (χ2v) is 7.56. The van der Waals surface area contributed by atoms with Gasteiger partial charge in [-0.25, -0.2) is 4.98 Å². The van der Waals surface area contributed by atoms with Gasteiger partial charge in [0.2, 0.25) is 0 Å². The Kier molecular flexibility index (Phi) is 5.44. The zero-order chi connectivity index (χ0) is 20.2. The van der Waals surface area contributed by atoms with Crippen LogP contribution in [0.1, 0.15) is 21.6 Å². The summed E-state index contributed by atoms with van der Waals surface area (Å²) in [6.07, 6.45) is 1.91. The highest BCUT2D eigenvalue weighted by atomic mass is 32.1. The second kappa shape index (κ2) is 8.32. The number of nitrogens with zero attached hydrogens (tertiary/aromatic N) is 2. The van der Waals surface area contributed by atoms with Gasteiger partial charge in [0.1, 0.15) is 11.4 Å². The van der Waals surface area contributed by atoms with Gasteiger partial charge in [-0.1, -0.05) is 42.0 Å². The fourth-order valence-electron chi connectivity index (χ4n) is 3.18. The van der Waals surface area contributed by atoms with E-state index in [2.05, 4.69) is 10.3 Å². The number of aryl methyl sites for hydroxylation is 1. The van der Waals surface area contributed by atoms with Crippen LogP contribution in [0, 0.1) is 6.92 Å². The van der Waals surface area contributed by atoms with Crippen molar-refractivity contribution < 1.29 is 9.53 Å². The minimum absolute atomic E-state index is 0.178. The molecule has 4 rings (SSSR count). The number of carbonyl (C=O) groups excluding carboxylic acids is 1. The maximum Gasteiger partial charge on any atom is 0.274 e. The van der Waals surface area contributed by atoms with E-state index in [1.807, 2.05) is 83.7 Å². The number of nitrogens with one attached hydrogen (secondary N) is 1. The first-order chi connectivity index (χ1) is 14.1. The van der Waals surface area contributed by atoms with Crippen molar-refractivity contribution >= 4 is 22.4 Å². The van der Waals surface area contributed by atoms with Crippen molar-refractivity contribution in [1.29, 1.82) is 0 Å². The summed E-state index contributed by atoms with van der Waals surface area (Å²) >= 11 is 1.40. The summed E-state index contributed by atoms with van der Waals surface area (Å²) in [5.41, 5.74) is 4.56. The quantitative estimate of drug-likeness (QED) is 0.480. The normalized spacial score (nSPS) is 10.7. The molecule has 0 saturated heterocycles. The summed E-state index contributed by atoms with van der Waals surface area (Å²) in [6.45, 7) is 2.67. The third kappa shape index (κ3) is 4.22. The fourth-order valence-corrected chi connectivity index (χ4v) is 3.88. The predicted octanol–water partition coefficient (Wildman–Crippen LogP) is 5.23. The van der Waals surface area contributed by atoms with Crippen molar-refractivity contribution in [2.45, 2.75) is 13.5 Å². The van der Waals surface area contributed by atoms with Gasteiger partial charge in [-0.3, -0.25) is 10.1 Å². The van der Waals surface area contributed by atoms with Crippen molar-refractivity contribution in [3.05, 3.63) is 89.1 Å². The van der Waals surface area contributed by atoms with E-state index in [4.69, 9.17) is 4.74 Å². The monoisotopic (exact) mass is 403 g/mol. The van der Waals surface area contributed by atoms with Crippen molar-refractivity contribution in [3.8, 4) is 17.0 Å². The Morgan fingerprint density at radius 3 is 2.76 bits per heavy atom. The second-order valence-electron chi connectivity index (χ2n) is 6.70. The van der Waals surface area contributed by atoms with Gasteiger partial charge in [0.15, 0.2) is 5.13 Å². The van der Waals surface area contributed by atoms with Gasteiger partial charge in [-0.15, -0.1) is 11.3 Å². The Balaban J connectivity index is 1.52. The Morgan fingerprint density at radius 1 is 1.14 bits per heavy atom. The van der Waals surface area contributed by atoms with E-state index >= 15 is 0 Å². The number of benzene rings is 2. The fraction of sp³-hybridized carbons (Fsp3) is 0.130. The number of anilines is 1. The SMILES string of the molecule is COc1ccc(C)cc1-c1csc(NC(=O)c2cccn2Cc2ccccc2)n1. The zero-order valence-electron chi connectivity index (χ0n) is 16.3. The standard InChI is InChI=1S/C23H21N3O2S/c1-16-10-11-21(28-2)18(13-16)19-15-29-23(24-19)25-22(27)20-9-6-12-26(20)14-17-7-4-3-5-8-17/h3-13,15H,14H2,1-2H3,(H,24,25,27). The maximum atomic E-state index is 12.8. The van der Waals surface area contributed by atoms with Crippen LogP contribution < -0.4 is 10.1 Å². The van der Waals surface area contributed by atoms with Gasteiger partial charge in [-0.05, 0) is 36.8 Å². The molecule has 0 radical (unpaired) electrons. The molecule has 0 aliphatic carbocycles. The largest absolute Gasteiger partial charge is 0.496 e. The number of ether oxygens (including phenoxy) is 1. The number of carbonyl (C=O) groups is 1. The van der Waals surface area contributed by atoms with Crippen LogP contribution in [0.25, 0.3) is 11.3 Å². The molecule has 0 fully saturated rings. The lowest BCUT2D eigenvalue weighted by Gasteiger charge is -2.09. The summed E-state index contributed by atoms with van der Waals surface area (Å²) in [6, 6.07) is 19.7. The minimum atomic E-state index is -0.178. The molecule has 0 saturated carbocycles. The molecule has 6 heteroatoms. The molecule has 1 N–H and O–H groups in total. The number of amides is 1.